The van der Waals surface area contributed by atoms with E-state index >= 15 is 0 Å². The summed E-state index contributed by atoms with van der Waals surface area (Å²) in [5.41, 5.74) is 7.47. The quantitative estimate of drug-likeness (QED) is 0.865. The summed E-state index contributed by atoms with van der Waals surface area (Å²) in [7, 11) is -0.335. The van der Waals surface area contributed by atoms with Gasteiger partial charge in [-0.05, 0) is 51.3 Å². The Morgan fingerprint density at radius 1 is 1.24 bits per heavy atom. The van der Waals surface area contributed by atoms with Crippen LogP contribution in [0.4, 0.5) is 0 Å². The molecule has 0 aromatic carbocycles. The molecule has 4 nitrogen and oxygen atoms in total. The van der Waals surface area contributed by atoms with E-state index in [0.29, 0.717) is 0 Å². The van der Waals surface area contributed by atoms with Crippen molar-refractivity contribution in [3.05, 3.63) is 35.6 Å². The molecule has 1 aromatic heterocycles. The number of hydrogen-bond acceptors (Lipinski definition) is 4. The van der Waals surface area contributed by atoms with Crippen molar-refractivity contribution >= 4 is 13.2 Å². The molecule has 0 radical (unpaired) electrons. The Balaban J connectivity index is 2.09. The largest absolute Gasteiger partial charge is 0.487 e. The molecule has 21 heavy (non-hydrogen) atoms. The topological polar surface area (TPSA) is 57.4 Å². The molecule has 2 rings (SSSR count). The van der Waals surface area contributed by atoms with E-state index in [0.717, 1.165) is 17.5 Å². The lowest BCUT2D eigenvalue weighted by molar-refractivity contribution is 0.00578. The zero-order valence-electron chi connectivity index (χ0n) is 13.6. The monoisotopic (exact) mass is 288 g/mol. The van der Waals surface area contributed by atoms with Crippen LogP contribution in [0.3, 0.4) is 0 Å². The van der Waals surface area contributed by atoms with Crippen molar-refractivity contribution < 1.29 is 9.31 Å². The van der Waals surface area contributed by atoms with Crippen LogP contribution < -0.4 is 5.73 Å². The number of hydrogen-bond donors (Lipinski definition) is 1. The van der Waals surface area contributed by atoms with Crippen molar-refractivity contribution in [1.29, 1.82) is 0 Å². The summed E-state index contributed by atoms with van der Waals surface area (Å²) >= 11 is 0. The van der Waals surface area contributed by atoms with E-state index in [9.17, 15) is 0 Å². The standard InChI is InChI=1S/C16H25BN2O2/c1-6-14(18)13-9-12(10-19-11-13)7-8-17-20-15(2,3)16(4,5)21-17/h7-11,14H,6,18H2,1-5H3/b8-7+. The fourth-order valence-corrected chi connectivity index (χ4v) is 2.16. The van der Waals surface area contributed by atoms with Gasteiger partial charge in [0.15, 0.2) is 0 Å². The summed E-state index contributed by atoms with van der Waals surface area (Å²) in [5.74, 6) is 1.93. The zero-order chi connectivity index (χ0) is 15.7. The molecule has 1 saturated heterocycles. The Kier molecular flexibility index (Phi) is 4.56. The van der Waals surface area contributed by atoms with Gasteiger partial charge in [-0.1, -0.05) is 19.0 Å². The number of pyridine rings is 1. The molecule has 1 aromatic rings. The van der Waals surface area contributed by atoms with Gasteiger partial charge in [-0.15, -0.1) is 0 Å². The summed E-state index contributed by atoms with van der Waals surface area (Å²) in [5, 5.41) is 0. The average Bonchev–Trinajstić information content (AvgIpc) is 2.64. The van der Waals surface area contributed by atoms with Crippen LogP contribution in [0.25, 0.3) is 6.08 Å². The Morgan fingerprint density at radius 2 is 1.86 bits per heavy atom. The molecule has 114 valence electrons. The molecule has 2 N–H and O–H groups in total. The van der Waals surface area contributed by atoms with Crippen molar-refractivity contribution in [3.63, 3.8) is 0 Å². The third-order valence-corrected chi connectivity index (χ3v) is 4.37. The second-order valence-electron chi connectivity index (χ2n) is 6.55. The highest BCUT2D eigenvalue weighted by Gasteiger charge is 2.49. The average molecular weight is 288 g/mol. The van der Waals surface area contributed by atoms with Gasteiger partial charge in [0.1, 0.15) is 0 Å². The molecule has 1 unspecified atom stereocenters. The van der Waals surface area contributed by atoms with E-state index in [1.807, 2.05) is 52.1 Å². The maximum atomic E-state index is 6.04. The van der Waals surface area contributed by atoms with Gasteiger partial charge in [-0.3, -0.25) is 4.98 Å². The molecule has 1 aliphatic rings. The van der Waals surface area contributed by atoms with Crippen LogP contribution in [0, 0.1) is 0 Å². The van der Waals surface area contributed by atoms with E-state index in [1.54, 1.807) is 0 Å². The smallest absolute Gasteiger partial charge is 0.400 e. The van der Waals surface area contributed by atoms with Crippen molar-refractivity contribution in [3.8, 4) is 0 Å². The molecule has 0 saturated carbocycles. The molecule has 1 atom stereocenters. The molecule has 0 aliphatic carbocycles. The Hall–Kier alpha value is -1.17. The van der Waals surface area contributed by atoms with Crippen molar-refractivity contribution in [2.45, 2.75) is 58.3 Å². The van der Waals surface area contributed by atoms with E-state index in [-0.39, 0.29) is 24.4 Å². The number of nitrogens with zero attached hydrogens (tertiary/aromatic N) is 1. The van der Waals surface area contributed by atoms with Crippen LogP contribution >= 0.6 is 0 Å². The number of rotatable bonds is 4. The van der Waals surface area contributed by atoms with Gasteiger partial charge < -0.3 is 15.0 Å². The zero-order valence-corrected chi connectivity index (χ0v) is 13.6. The van der Waals surface area contributed by atoms with Crippen molar-refractivity contribution in [1.82, 2.24) is 4.98 Å². The van der Waals surface area contributed by atoms with Gasteiger partial charge in [0.2, 0.25) is 0 Å². The normalized spacial score (nSPS) is 21.9. The minimum Gasteiger partial charge on any atom is -0.400 e. The third kappa shape index (κ3) is 3.54. The molecular formula is C16H25BN2O2. The van der Waals surface area contributed by atoms with Crippen LogP contribution in [0.15, 0.2) is 24.4 Å². The summed E-state index contributed by atoms with van der Waals surface area (Å²) in [4.78, 5) is 4.24. The predicted octanol–water partition coefficient (Wildman–Crippen LogP) is 3.14. The van der Waals surface area contributed by atoms with Gasteiger partial charge in [0.05, 0.1) is 11.2 Å². The maximum Gasteiger partial charge on any atom is 0.487 e. The first kappa shape index (κ1) is 16.2. The van der Waals surface area contributed by atoms with Crippen LogP contribution in [0.2, 0.25) is 0 Å². The molecule has 0 amide bonds. The van der Waals surface area contributed by atoms with E-state index in [2.05, 4.69) is 18.0 Å². The van der Waals surface area contributed by atoms with Crippen LogP contribution in [0.5, 0.6) is 0 Å². The minimum atomic E-state index is -0.335. The summed E-state index contributed by atoms with van der Waals surface area (Å²) < 4.78 is 11.9. The highest BCUT2D eigenvalue weighted by atomic mass is 16.7. The lowest BCUT2D eigenvalue weighted by Crippen LogP contribution is -2.41. The lowest BCUT2D eigenvalue weighted by atomic mass is 9.89. The third-order valence-electron chi connectivity index (χ3n) is 4.37. The first-order valence-electron chi connectivity index (χ1n) is 7.49. The highest BCUT2D eigenvalue weighted by Crippen LogP contribution is 2.37. The maximum absolute atomic E-state index is 6.04. The SMILES string of the molecule is CCC(N)c1cncc(/C=C/B2OC(C)(C)C(C)(C)O2)c1. The van der Waals surface area contributed by atoms with Crippen molar-refractivity contribution in [2.75, 3.05) is 0 Å². The fraction of sp³-hybridized carbons (Fsp3) is 0.562. The van der Waals surface area contributed by atoms with Gasteiger partial charge in [0, 0.05) is 18.4 Å². The molecule has 1 aliphatic heterocycles. The van der Waals surface area contributed by atoms with Crippen LogP contribution in [-0.2, 0) is 9.31 Å². The van der Waals surface area contributed by atoms with Crippen molar-refractivity contribution in [2.24, 2.45) is 5.73 Å². The Bertz CT molecular complexity index is 513. The van der Waals surface area contributed by atoms with Crippen LogP contribution in [0.1, 0.15) is 58.2 Å². The number of aromatic nitrogens is 1. The lowest BCUT2D eigenvalue weighted by Gasteiger charge is -2.32. The molecular weight excluding hydrogens is 263 g/mol. The summed E-state index contributed by atoms with van der Waals surface area (Å²) in [6, 6.07) is 2.09. The van der Waals surface area contributed by atoms with E-state index in [1.165, 1.54) is 0 Å². The predicted molar refractivity (Wildman–Crippen MR) is 86.6 cm³/mol. The molecule has 2 heterocycles. The van der Waals surface area contributed by atoms with E-state index in [4.69, 9.17) is 15.0 Å². The van der Waals surface area contributed by atoms with Gasteiger partial charge in [-0.2, -0.15) is 0 Å². The first-order valence-corrected chi connectivity index (χ1v) is 7.49. The highest BCUT2D eigenvalue weighted by molar-refractivity contribution is 6.52. The fourth-order valence-electron chi connectivity index (χ4n) is 2.16. The van der Waals surface area contributed by atoms with Crippen LogP contribution in [-0.4, -0.2) is 23.3 Å². The second kappa shape index (κ2) is 5.91. The second-order valence-corrected chi connectivity index (χ2v) is 6.55. The summed E-state index contributed by atoms with van der Waals surface area (Å²) in [6.07, 6.45) is 6.50. The van der Waals surface area contributed by atoms with Gasteiger partial charge >= 0.3 is 7.12 Å². The molecule has 0 spiro atoms. The molecule has 0 bridgehead atoms. The Morgan fingerprint density at radius 3 is 2.43 bits per heavy atom. The molecule has 5 heteroatoms. The number of nitrogens with two attached hydrogens (primary N) is 1. The summed E-state index contributed by atoms with van der Waals surface area (Å²) in [6.45, 7) is 10.2. The minimum absolute atomic E-state index is 0.0303. The Labute approximate surface area is 127 Å². The first-order chi connectivity index (χ1) is 9.75. The van der Waals surface area contributed by atoms with Gasteiger partial charge in [-0.25, -0.2) is 0 Å². The molecule has 1 fully saturated rings. The van der Waals surface area contributed by atoms with E-state index < -0.39 is 0 Å². The van der Waals surface area contributed by atoms with Gasteiger partial charge in [0.25, 0.3) is 0 Å².